The zero-order chi connectivity index (χ0) is 27.8. The Bertz CT molecular complexity index is 1440. The molecule has 0 bridgehead atoms. The van der Waals surface area contributed by atoms with E-state index < -0.39 is 33.7 Å². The van der Waals surface area contributed by atoms with Crippen LogP contribution in [-0.2, 0) is 16.1 Å². The first-order valence-corrected chi connectivity index (χ1v) is 13.1. The van der Waals surface area contributed by atoms with Crippen LogP contribution in [0.1, 0.15) is 39.9 Å². The summed E-state index contributed by atoms with van der Waals surface area (Å²) in [5.74, 6) is -2.76. The average Bonchev–Trinajstić information content (AvgIpc) is 3.43. The Hall–Kier alpha value is -2.35. The average molecular weight is 617 g/mol. The zero-order valence-corrected chi connectivity index (χ0v) is 23.8. The van der Waals surface area contributed by atoms with Crippen LogP contribution in [0.4, 0.5) is 10.1 Å². The van der Waals surface area contributed by atoms with Crippen LogP contribution in [0.2, 0.25) is 15.1 Å². The maximum absolute atomic E-state index is 14.7. The third-order valence-electron chi connectivity index (χ3n) is 6.16. The molecule has 4 rings (SSSR count). The predicted octanol–water partition coefficient (Wildman–Crippen LogP) is 8.11. The van der Waals surface area contributed by atoms with Gasteiger partial charge >= 0.3 is 0 Å². The summed E-state index contributed by atoms with van der Waals surface area (Å²) in [5, 5.41) is 7.47. The van der Waals surface area contributed by atoms with Crippen LogP contribution in [0.15, 0.2) is 59.8 Å². The van der Waals surface area contributed by atoms with Gasteiger partial charge in [-0.1, -0.05) is 52.1 Å². The van der Waals surface area contributed by atoms with Gasteiger partial charge in [0.15, 0.2) is 5.78 Å². The standard InChI is InChI=1S/C27H20Cl5FN2O3/c1-13(35-38-2)14-3-4-15(22(33)9-14)10-23(36)20-12-19(5-6-21(20)30)34-26(37)25-24(27(25,31)32)16-7-17(28)11-18(29)8-16/h3-9,11-12,24-25H,10H2,1-2H3,(H,34,37)/b35-13+. The van der Waals surface area contributed by atoms with Crippen molar-refractivity contribution in [1.29, 1.82) is 0 Å². The number of alkyl halides is 2. The largest absolute Gasteiger partial charge is 0.399 e. The van der Waals surface area contributed by atoms with Gasteiger partial charge in [0.2, 0.25) is 5.91 Å². The molecular weight excluding hydrogens is 597 g/mol. The molecule has 1 saturated carbocycles. The van der Waals surface area contributed by atoms with Crippen molar-refractivity contribution in [2.45, 2.75) is 23.6 Å². The number of Topliss-reactive ketones (excluding diaryl/α,β-unsaturated/α-hetero) is 1. The minimum atomic E-state index is -1.36. The number of nitrogens with one attached hydrogen (secondary N) is 1. The van der Waals surface area contributed by atoms with E-state index in [1.807, 2.05) is 0 Å². The van der Waals surface area contributed by atoms with E-state index in [4.69, 9.17) is 62.8 Å². The second-order valence-electron chi connectivity index (χ2n) is 8.78. The molecule has 0 heterocycles. The lowest BCUT2D eigenvalue weighted by atomic mass is 10.00. The highest BCUT2D eigenvalue weighted by atomic mass is 35.5. The van der Waals surface area contributed by atoms with Crippen molar-refractivity contribution >= 4 is 81.1 Å². The number of anilines is 1. The van der Waals surface area contributed by atoms with Crippen molar-refractivity contribution < 1.29 is 18.8 Å². The fourth-order valence-electron chi connectivity index (χ4n) is 4.23. The van der Waals surface area contributed by atoms with Crippen LogP contribution in [0.25, 0.3) is 0 Å². The highest BCUT2D eigenvalue weighted by Crippen LogP contribution is 2.65. The second-order valence-corrected chi connectivity index (χ2v) is 11.5. The summed E-state index contributed by atoms with van der Waals surface area (Å²) in [6.07, 6.45) is -0.240. The van der Waals surface area contributed by atoms with Gasteiger partial charge in [-0.25, -0.2) is 4.39 Å². The molecule has 0 radical (unpaired) electrons. The van der Waals surface area contributed by atoms with Crippen molar-refractivity contribution in [1.82, 2.24) is 0 Å². The maximum atomic E-state index is 14.7. The molecule has 0 aliphatic heterocycles. The van der Waals surface area contributed by atoms with Gasteiger partial charge in [-0.15, -0.1) is 23.2 Å². The van der Waals surface area contributed by atoms with Gasteiger partial charge in [0.25, 0.3) is 0 Å². The normalized spacial score (nSPS) is 18.2. The molecule has 11 heteroatoms. The van der Waals surface area contributed by atoms with Gasteiger partial charge in [0.1, 0.15) is 17.3 Å². The molecule has 0 aromatic heterocycles. The highest BCUT2D eigenvalue weighted by Gasteiger charge is 2.67. The molecular formula is C27H20Cl5FN2O3. The minimum absolute atomic E-state index is 0.127. The van der Waals surface area contributed by atoms with E-state index in [9.17, 15) is 14.0 Å². The molecule has 5 nitrogen and oxygen atoms in total. The minimum Gasteiger partial charge on any atom is -0.399 e. The summed E-state index contributed by atoms with van der Waals surface area (Å²) in [6.45, 7) is 1.68. The van der Waals surface area contributed by atoms with Gasteiger partial charge in [0.05, 0.1) is 16.7 Å². The molecule has 3 aromatic rings. The van der Waals surface area contributed by atoms with Gasteiger partial charge < -0.3 is 10.2 Å². The van der Waals surface area contributed by atoms with Crippen LogP contribution in [0.5, 0.6) is 0 Å². The van der Waals surface area contributed by atoms with Gasteiger partial charge in [-0.3, -0.25) is 9.59 Å². The number of nitrogens with zero attached hydrogens (tertiary/aromatic N) is 1. The van der Waals surface area contributed by atoms with E-state index in [0.29, 0.717) is 32.6 Å². The Morgan fingerprint density at radius 2 is 1.71 bits per heavy atom. The summed E-state index contributed by atoms with van der Waals surface area (Å²) >= 11 is 31.3. The van der Waals surface area contributed by atoms with Crippen molar-refractivity contribution in [3.63, 3.8) is 0 Å². The van der Waals surface area contributed by atoms with Crippen molar-refractivity contribution in [3.05, 3.63) is 97.7 Å². The smallest absolute Gasteiger partial charge is 0.231 e. The van der Waals surface area contributed by atoms with E-state index in [1.54, 1.807) is 37.3 Å². The first-order valence-electron chi connectivity index (χ1n) is 11.3. The lowest BCUT2D eigenvalue weighted by Gasteiger charge is -2.10. The van der Waals surface area contributed by atoms with Gasteiger partial charge in [0, 0.05) is 39.2 Å². The molecule has 1 amide bonds. The SMILES string of the molecule is CO/N=C(\C)c1ccc(CC(=O)c2cc(NC(=O)C3C(c4cc(Cl)cc(Cl)c4)C3(Cl)Cl)ccc2Cl)c(F)c1. The number of oxime groups is 1. The molecule has 1 aliphatic carbocycles. The number of hydrogen-bond donors (Lipinski definition) is 1. The van der Waals surface area contributed by atoms with Crippen LogP contribution in [0, 0.1) is 11.7 Å². The Kier molecular flexibility index (Phi) is 8.60. The van der Waals surface area contributed by atoms with Crippen molar-refractivity contribution in [2.24, 2.45) is 11.1 Å². The molecule has 38 heavy (non-hydrogen) atoms. The molecule has 0 saturated heterocycles. The number of benzene rings is 3. The molecule has 1 fully saturated rings. The second kappa shape index (κ2) is 11.4. The summed E-state index contributed by atoms with van der Waals surface area (Å²) < 4.78 is 13.3. The number of ketones is 1. The molecule has 1 aliphatic rings. The van der Waals surface area contributed by atoms with Crippen LogP contribution in [-0.4, -0.2) is 28.8 Å². The Labute approximate surface area is 243 Å². The molecule has 2 unspecified atom stereocenters. The summed E-state index contributed by atoms with van der Waals surface area (Å²) in [4.78, 5) is 30.8. The summed E-state index contributed by atoms with van der Waals surface area (Å²) in [7, 11) is 1.40. The third kappa shape index (κ3) is 6.11. The number of rotatable bonds is 8. The van der Waals surface area contributed by atoms with E-state index in [-0.39, 0.29) is 22.6 Å². The van der Waals surface area contributed by atoms with Crippen LogP contribution < -0.4 is 5.32 Å². The number of carbonyl (C=O) groups is 2. The summed E-state index contributed by atoms with van der Waals surface area (Å²) in [5.41, 5.74) is 2.27. The Morgan fingerprint density at radius 3 is 2.34 bits per heavy atom. The Morgan fingerprint density at radius 1 is 1.03 bits per heavy atom. The first kappa shape index (κ1) is 28.7. The van der Waals surface area contributed by atoms with E-state index >= 15 is 0 Å². The highest BCUT2D eigenvalue weighted by molar-refractivity contribution is 6.53. The number of halogens is 6. The maximum Gasteiger partial charge on any atom is 0.231 e. The van der Waals surface area contributed by atoms with E-state index in [1.165, 1.54) is 31.4 Å². The first-order chi connectivity index (χ1) is 17.9. The molecule has 1 N–H and O–H groups in total. The molecule has 3 aromatic carbocycles. The lowest BCUT2D eigenvalue weighted by Crippen LogP contribution is -2.17. The van der Waals surface area contributed by atoms with E-state index in [2.05, 4.69) is 10.5 Å². The summed E-state index contributed by atoms with van der Waals surface area (Å²) in [6, 6.07) is 13.8. The van der Waals surface area contributed by atoms with Crippen LogP contribution >= 0.6 is 58.0 Å². The number of amides is 1. The van der Waals surface area contributed by atoms with E-state index in [0.717, 1.165) is 0 Å². The topological polar surface area (TPSA) is 67.8 Å². The third-order valence-corrected chi connectivity index (χ3v) is 7.87. The van der Waals surface area contributed by atoms with Crippen LogP contribution in [0.3, 0.4) is 0 Å². The predicted molar refractivity (Wildman–Crippen MR) is 151 cm³/mol. The fraction of sp³-hybridized carbons (Fsp3) is 0.222. The van der Waals surface area contributed by atoms with Gasteiger partial charge in [-0.2, -0.15) is 0 Å². The molecule has 0 spiro atoms. The van der Waals surface area contributed by atoms with Crippen molar-refractivity contribution in [2.75, 3.05) is 12.4 Å². The van der Waals surface area contributed by atoms with Crippen molar-refractivity contribution in [3.8, 4) is 0 Å². The Balaban J connectivity index is 1.50. The lowest BCUT2D eigenvalue weighted by molar-refractivity contribution is -0.117. The molecule has 198 valence electrons. The van der Waals surface area contributed by atoms with Gasteiger partial charge in [-0.05, 0) is 60.5 Å². The fourth-order valence-corrected chi connectivity index (χ4v) is 5.83. The monoisotopic (exact) mass is 614 g/mol. The zero-order valence-electron chi connectivity index (χ0n) is 20.0. The quantitative estimate of drug-likeness (QED) is 0.120. The number of carbonyl (C=O) groups excluding carboxylic acids is 2. The molecule has 2 atom stereocenters. The number of hydrogen-bond acceptors (Lipinski definition) is 4.